The van der Waals surface area contributed by atoms with Crippen LogP contribution in [0.3, 0.4) is 0 Å². The Kier molecular flexibility index (Phi) is 6.49. The van der Waals surface area contributed by atoms with E-state index in [2.05, 4.69) is 5.32 Å². The lowest BCUT2D eigenvalue weighted by Gasteiger charge is -2.27. The highest BCUT2D eigenvalue weighted by atomic mass is 16.5. The van der Waals surface area contributed by atoms with Crippen LogP contribution in [-0.2, 0) is 14.3 Å². The number of hydrogen-bond acceptors (Lipinski definition) is 4. The molecule has 4 nitrogen and oxygen atoms in total. The molecule has 0 aliphatic heterocycles. The average Bonchev–Trinajstić information content (AvgIpc) is 2.15. The highest BCUT2D eigenvalue weighted by Gasteiger charge is 2.33. The van der Waals surface area contributed by atoms with Crippen LogP contribution in [0.4, 0.5) is 0 Å². The van der Waals surface area contributed by atoms with Gasteiger partial charge in [-0.2, -0.15) is 0 Å². The Bertz CT molecular complexity index is 173. The fraction of sp³-hybridized carbons (Fsp3) is 0.900. The van der Waals surface area contributed by atoms with E-state index in [1.807, 2.05) is 6.92 Å². The van der Waals surface area contributed by atoms with E-state index in [0.717, 1.165) is 13.0 Å². The van der Waals surface area contributed by atoms with Crippen molar-refractivity contribution in [1.82, 2.24) is 5.32 Å². The van der Waals surface area contributed by atoms with Crippen LogP contribution in [0.2, 0.25) is 0 Å². The molecular formula is C10H21NO3. The van der Waals surface area contributed by atoms with Crippen molar-refractivity contribution in [2.24, 2.45) is 0 Å². The molecule has 0 aromatic rings. The van der Waals surface area contributed by atoms with Gasteiger partial charge in [0, 0.05) is 7.11 Å². The maximum Gasteiger partial charge on any atom is 0.328 e. The molecule has 0 aliphatic rings. The highest BCUT2D eigenvalue weighted by Crippen LogP contribution is 2.07. The molecular weight excluding hydrogens is 182 g/mol. The van der Waals surface area contributed by atoms with E-state index in [4.69, 9.17) is 9.47 Å². The number of ether oxygens (including phenoxy) is 2. The molecule has 14 heavy (non-hydrogen) atoms. The smallest absolute Gasteiger partial charge is 0.328 e. The number of esters is 1. The summed E-state index contributed by atoms with van der Waals surface area (Å²) < 4.78 is 9.98. The number of carbonyl (C=O) groups is 1. The quantitative estimate of drug-likeness (QED) is 0.626. The van der Waals surface area contributed by atoms with Crippen LogP contribution in [0.5, 0.6) is 0 Å². The number of methoxy groups -OCH3 is 1. The van der Waals surface area contributed by atoms with Crippen molar-refractivity contribution in [3.63, 3.8) is 0 Å². The lowest BCUT2D eigenvalue weighted by molar-refractivity contribution is -0.152. The van der Waals surface area contributed by atoms with Crippen molar-refractivity contribution in [3.8, 4) is 0 Å². The van der Waals surface area contributed by atoms with Crippen LogP contribution in [-0.4, -0.2) is 38.4 Å². The lowest BCUT2D eigenvalue weighted by Crippen LogP contribution is -2.54. The molecule has 0 amide bonds. The van der Waals surface area contributed by atoms with Gasteiger partial charge >= 0.3 is 5.97 Å². The molecule has 0 rings (SSSR count). The van der Waals surface area contributed by atoms with Crippen molar-refractivity contribution in [1.29, 1.82) is 0 Å². The largest absolute Gasteiger partial charge is 0.465 e. The normalized spacial score (nSPS) is 14.9. The minimum absolute atomic E-state index is 0.254. The Morgan fingerprint density at radius 2 is 2.07 bits per heavy atom. The van der Waals surface area contributed by atoms with Gasteiger partial charge in [-0.15, -0.1) is 0 Å². The summed E-state index contributed by atoms with van der Waals surface area (Å²) in [4.78, 5) is 11.6. The first-order valence-corrected chi connectivity index (χ1v) is 5.02. The minimum atomic E-state index is -0.721. The molecule has 0 aromatic carbocycles. The minimum Gasteiger partial charge on any atom is -0.465 e. The lowest BCUT2D eigenvalue weighted by atomic mass is 10.0. The SMILES string of the molecule is CCCNC(C)(COC)C(=O)OCC. The molecule has 0 aliphatic carbocycles. The number of hydrogen-bond donors (Lipinski definition) is 1. The summed E-state index contributed by atoms with van der Waals surface area (Å²) in [5.41, 5.74) is -0.721. The van der Waals surface area contributed by atoms with E-state index in [0.29, 0.717) is 13.2 Å². The highest BCUT2D eigenvalue weighted by molar-refractivity contribution is 5.80. The first kappa shape index (κ1) is 13.4. The number of carbonyl (C=O) groups excluding carboxylic acids is 1. The average molecular weight is 203 g/mol. The third-order valence-corrected chi connectivity index (χ3v) is 1.92. The molecule has 1 atom stereocenters. The molecule has 84 valence electrons. The molecule has 0 bridgehead atoms. The second-order valence-corrected chi connectivity index (χ2v) is 3.41. The van der Waals surface area contributed by atoms with Gasteiger partial charge in [-0.25, -0.2) is 4.79 Å². The van der Waals surface area contributed by atoms with Crippen LogP contribution in [0.25, 0.3) is 0 Å². The van der Waals surface area contributed by atoms with Gasteiger partial charge in [-0.3, -0.25) is 0 Å². The fourth-order valence-corrected chi connectivity index (χ4v) is 1.16. The van der Waals surface area contributed by atoms with Crippen molar-refractivity contribution in [2.75, 3.05) is 26.9 Å². The first-order valence-electron chi connectivity index (χ1n) is 5.02. The molecule has 0 saturated heterocycles. The molecule has 0 spiro atoms. The monoisotopic (exact) mass is 203 g/mol. The van der Waals surface area contributed by atoms with Gasteiger partial charge in [0.2, 0.25) is 0 Å². The van der Waals surface area contributed by atoms with Gasteiger partial charge in [0.25, 0.3) is 0 Å². The summed E-state index contributed by atoms with van der Waals surface area (Å²) in [5.74, 6) is -0.254. The molecule has 1 N–H and O–H groups in total. The Labute approximate surface area is 86.0 Å². The number of rotatable bonds is 7. The molecule has 0 saturated carbocycles. The summed E-state index contributed by atoms with van der Waals surface area (Å²) >= 11 is 0. The predicted octanol–water partition coefficient (Wildman–Crippen LogP) is 0.954. The van der Waals surface area contributed by atoms with Crippen molar-refractivity contribution >= 4 is 5.97 Å². The zero-order valence-electron chi connectivity index (χ0n) is 9.55. The van der Waals surface area contributed by atoms with Gasteiger partial charge in [0.15, 0.2) is 0 Å². The van der Waals surface area contributed by atoms with Gasteiger partial charge in [-0.05, 0) is 26.8 Å². The molecule has 1 unspecified atom stereocenters. The third kappa shape index (κ3) is 4.07. The van der Waals surface area contributed by atoms with Gasteiger partial charge in [0.1, 0.15) is 5.54 Å². The Morgan fingerprint density at radius 3 is 2.50 bits per heavy atom. The van der Waals surface area contributed by atoms with Crippen LogP contribution < -0.4 is 5.32 Å². The first-order chi connectivity index (χ1) is 6.60. The van der Waals surface area contributed by atoms with Gasteiger partial charge in [0.05, 0.1) is 13.2 Å². The molecule has 0 radical (unpaired) electrons. The molecule has 0 aromatic heterocycles. The summed E-state index contributed by atoms with van der Waals surface area (Å²) in [6.07, 6.45) is 0.971. The van der Waals surface area contributed by atoms with Gasteiger partial charge in [-0.1, -0.05) is 6.92 Å². The maximum absolute atomic E-state index is 11.6. The van der Waals surface area contributed by atoms with Gasteiger partial charge < -0.3 is 14.8 Å². The van der Waals surface area contributed by atoms with Crippen LogP contribution in [0, 0.1) is 0 Å². The van der Waals surface area contributed by atoms with Crippen molar-refractivity contribution in [2.45, 2.75) is 32.7 Å². The second-order valence-electron chi connectivity index (χ2n) is 3.41. The topological polar surface area (TPSA) is 47.6 Å². The van der Waals surface area contributed by atoms with Crippen LogP contribution in [0.15, 0.2) is 0 Å². The maximum atomic E-state index is 11.6. The van der Waals surface area contributed by atoms with Crippen molar-refractivity contribution in [3.05, 3.63) is 0 Å². The summed E-state index contributed by atoms with van der Waals surface area (Å²) in [6.45, 7) is 7.14. The molecule has 0 fully saturated rings. The zero-order valence-corrected chi connectivity index (χ0v) is 9.55. The van der Waals surface area contributed by atoms with E-state index in [1.54, 1.807) is 21.0 Å². The standard InChI is InChI=1S/C10H21NO3/c1-5-7-11-10(3,8-13-4)9(12)14-6-2/h11H,5-8H2,1-4H3. The molecule has 4 heteroatoms. The van der Waals surface area contributed by atoms with E-state index in [9.17, 15) is 4.79 Å². The van der Waals surface area contributed by atoms with E-state index < -0.39 is 5.54 Å². The van der Waals surface area contributed by atoms with E-state index in [1.165, 1.54) is 0 Å². The van der Waals surface area contributed by atoms with E-state index in [-0.39, 0.29) is 5.97 Å². The van der Waals surface area contributed by atoms with Crippen LogP contribution in [0.1, 0.15) is 27.2 Å². The Hall–Kier alpha value is -0.610. The van der Waals surface area contributed by atoms with Crippen LogP contribution >= 0.6 is 0 Å². The van der Waals surface area contributed by atoms with Crippen molar-refractivity contribution < 1.29 is 14.3 Å². The summed E-state index contributed by atoms with van der Waals surface area (Å²) in [7, 11) is 1.57. The Balaban J connectivity index is 4.28. The fourth-order valence-electron chi connectivity index (χ4n) is 1.16. The second kappa shape index (κ2) is 6.79. The van der Waals surface area contributed by atoms with E-state index >= 15 is 0 Å². The third-order valence-electron chi connectivity index (χ3n) is 1.92. The Morgan fingerprint density at radius 1 is 1.43 bits per heavy atom. The predicted molar refractivity (Wildman–Crippen MR) is 55.2 cm³/mol. The molecule has 0 heterocycles. The number of nitrogens with one attached hydrogen (secondary N) is 1. The zero-order chi connectivity index (χ0) is 11.0. The summed E-state index contributed by atoms with van der Waals surface area (Å²) in [5, 5.41) is 3.13. The summed E-state index contributed by atoms with van der Waals surface area (Å²) in [6, 6.07) is 0.